The van der Waals surface area contributed by atoms with Crippen LogP contribution in [0, 0.1) is 5.82 Å². The topological polar surface area (TPSA) is 61.7 Å². The molecule has 0 unspecified atom stereocenters. The highest BCUT2D eigenvalue weighted by Crippen LogP contribution is 2.29. The molecule has 0 fully saturated rings. The van der Waals surface area contributed by atoms with Crippen LogP contribution in [0.15, 0.2) is 50.4 Å². The molecular weight excluding hydrogens is 407 g/mol. The first kappa shape index (κ1) is 15.7. The average Bonchev–Trinajstić information content (AvgIpc) is 2.45. The third-order valence-corrected chi connectivity index (χ3v) is 3.86. The van der Waals surface area contributed by atoms with E-state index in [1.54, 1.807) is 6.07 Å². The van der Waals surface area contributed by atoms with Crippen LogP contribution < -0.4 is 5.43 Å². The Hall–Kier alpha value is -1.73. The second-order valence-corrected chi connectivity index (χ2v) is 5.74. The van der Waals surface area contributed by atoms with Gasteiger partial charge in [-0.05, 0) is 52.3 Å². The third kappa shape index (κ3) is 4.12. The summed E-state index contributed by atoms with van der Waals surface area (Å²) in [5.74, 6) is -0.808. The first-order valence-corrected chi connectivity index (χ1v) is 7.33. The first-order chi connectivity index (χ1) is 9.97. The van der Waals surface area contributed by atoms with Gasteiger partial charge in [0, 0.05) is 15.6 Å². The van der Waals surface area contributed by atoms with Gasteiger partial charge in [0.1, 0.15) is 11.6 Å². The van der Waals surface area contributed by atoms with Crippen LogP contribution in [-0.4, -0.2) is 17.2 Å². The molecule has 0 aliphatic rings. The van der Waals surface area contributed by atoms with Gasteiger partial charge in [0.2, 0.25) is 0 Å². The lowest BCUT2D eigenvalue weighted by Crippen LogP contribution is -2.17. The van der Waals surface area contributed by atoms with Crippen molar-refractivity contribution < 1.29 is 14.3 Å². The van der Waals surface area contributed by atoms with Crippen LogP contribution in [0.3, 0.4) is 0 Å². The van der Waals surface area contributed by atoms with E-state index in [0.29, 0.717) is 20.1 Å². The van der Waals surface area contributed by atoms with E-state index in [-0.39, 0.29) is 5.75 Å². The zero-order valence-corrected chi connectivity index (χ0v) is 13.7. The molecule has 0 saturated heterocycles. The molecule has 0 spiro atoms. The van der Waals surface area contributed by atoms with Gasteiger partial charge in [0.15, 0.2) is 0 Å². The number of carbonyl (C=O) groups excluding carboxylic acids is 1. The number of benzene rings is 2. The SMILES string of the molecule is O=C(N/N=C\c1cc(O)c(Br)cc1Br)c1ccc(F)cc1. The van der Waals surface area contributed by atoms with Crippen LogP contribution in [0.1, 0.15) is 15.9 Å². The van der Waals surface area contributed by atoms with Gasteiger partial charge in [0.25, 0.3) is 5.91 Å². The molecule has 7 heteroatoms. The monoisotopic (exact) mass is 414 g/mol. The van der Waals surface area contributed by atoms with Crippen LogP contribution >= 0.6 is 31.9 Å². The van der Waals surface area contributed by atoms with Crippen LogP contribution in [0.5, 0.6) is 5.75 Å². The fourth-order valence-corrected chi connectivity index (χ4v) is 2.58. The Balaban J connectivity index is 2.07. The Labute approximate surface area is 136 Å². The normalized spacial score (nSPS) is 10.8. The number of amides is 1. The van der Waals surface area contributed by atoms with Gasteiger partial charge in [-0.3, -0.25) is 4.79 Å². The van der Waals surface area contributed by atoms with Gasteiger partial charge < -0.3 is 5.11 Å². The predicted molar refractivity (Wildman–Crippen MR) is 85.0 cm³/mol. The first-order valence-electron chi connectivity index (χ1n) is 5.74. The molecule has 21 heavy (non-hydrogen) atoms. The van der Waals surface area contributed by atoms with E-state index < -0.39 is 11.7 Å². The number of halogens is 3. The molecule has 2 aromatic carbocycles. The molecule has 0 aliphatic carbocycles. The van der Waals surface area contributed by atoms with Crippen molar-refractivity contribution in [1.82, 2.24) is 5.43 Å². The minimum absolute atomic E-state index is 0.0597. The van der Waals surface area contributed by atoms with E-state index >= 15 is 0 Å². The number of rotatable bonds is 3. The van der Waals surface area contributed by atoms with Gasteiger partial charge >= 0.3 is 0 Å². The molecule has 0 aliphatic heterocycles. The molecule has 0 atom stereocenters. The number of phenols is 1. The Bertz CT molecular complexity index is 703. The molecule has 108 valence electrons. The Morgan fingerprint density at radius 1 is 1.19 bits per heavy atom. The average molecular weight is 416 g/mol. The summed E-state index contributed by atoms with van der Waals surface area (Å²) in [4.78, 5) is 11.7. The fraction of sp³-hybridized carbons (Fsp3) is 0. The Kier molecular flexibility index (Phi) is 5.08. The molecule has 2 aromatic rings. The summed E-state index contributed by atoms with van der Waals surface area (Å²) >= 11 is 6.50. The lowest BCUT2D eigenvalue weighted by atomic mass is 10.2. The number of carbonyl (C=O) groups is 1. The molecule has 2 N–H and O–H groups in total. The standard InChI is InChI=1S/C14H9Br2FN2O2/c15-11-6-12(16)13(20)5-9(11)7-18-19-14(21)8-1-3-10(17)4-2-8/h1-7,20H,(H,19,21)/b18-7-. The van der Waals surface area contributed by atoms with Gasteiger partial charge in [-0.25, -0.2) is 9.82 Å². The molecule has 2 rings (SSSR count). The van der Waals surface area contributed by atoms with Crippen molar-refractivity contribution in [2.45, 2.75) is 0 Å². The van der Waals surface area contributed by atoms with E-state index in [4.69, 9.17) is 0 Å². The number of hydrogen-bond acceptors (Lipinski definition) is 3. The van der Waals surface area contributed by atoms with Crippen molar-refractivity contribution in [2.75, 3.05) is 0 Å². The predicted octanol–water partition coefficient (Wildman–Crippen LogP) is 3.82. The van der Waals surface area contributed by atoms with Crippen molar-refractivity contribution in [1.29, 1.82) is 0 Å². The molecule has 0 heterocycles. The number of hydrogen-bond donors (Lipinski definition) is 2. The van der Waals surface area contributed by atoms with E-state index in [9.17, 15) is 14.3 Å². The van der Waals surface area contributed by atoms with E-state index in [2.05, 4.69) is 42.4 Å². The van der Waals surface area contributed by atoms with Crippen LogP contribution in [-0.2, 0) is 0 Å². The maximum atomic E-state index is 12.7. The lowest BCUT2D eigenvalue weighted by Gasteiger charge is -2.03. The molecule has 0 saturated carbocycles. The smallest absolute Gasteiger partial charge is 0.271 e. The van der Waals surface area contributed by atoms with E-state index in [1.165, 1.54) is 36.5 Å². The second-order valence-electron chi connectivity index (χ2n) is 4.03. The van der Waals surface area contributed by atoms with Gasteiger partial charge in [0.05, 0.1) is 10.7 Å². The second kappa shape index (κ2) is 6.82. The summed E-state index contributed by atoms with van der Waals surface area (Å²) in [5, 5.41) is 13.4. The maximum Gasteiger partial charge on any atom is 0.271 e. The highest BCUT2D eigenvalue weighted by molar-refractivity contribution is 9.11. The van der Waals surface area contributed by atoms with Gasteiger partial charge in [-0.2, -0.15) is 5.10 Å². The summed E-state index contributed by atoms with van der Waals surface area (Å²) in [5.41, 5.74) is 3.21. The minimum Gasteiger partial charge on any atom is -0.507 e. The molecule has 1 amide bonds. The summed E-state index contributed by atoms with van der Waals surface area (Å²) < 4.78 is 14.0. The third-order valence-electron chi connectivity index (χ3n) is 2.54. The number of nitrogens with zero attached hydrogens (tertiary/aromatic N) is 1. The van der Waals surface area contributed by atoms with E-state index in [1.807, 2.05) is 0 Å². The van der Waals surface area contributed by atoms with Crippen LogP contribution in [0.4, 0.5) is 4.39 Å². The van der Waals surface area contributed by atoms with Crippen molar-refractivity contribution in [2.24, 2.45) is 5.10 Å². The number of phenolic OH excluding ortho intramolecular Hbond substituents is 1. The summed E-state index contributed by atoms with van der Waals surface area (Å²) in [6.07, 6.45) is 1.39. The molecule has 0 radical (unpaired) electrons. The molecular formula is C14H9Br2FN2O2. The Morgan fingerprint density at radius 3 is 2.52 bits per heavy atom. The van der Waals surface area contributed by atoms with Crippen molar-refractivity contribution in [3.8, 4) is 5.75 Å². The quantitative estimate of drug-likeness (QED) is 0.591. The number of hydrazone groups is 1. The highest BCUT2D eigenvalue weighted by Gasteiger charge is 2.05. The number of nitrogens with one attached hydrogen (secondary N) is 1. The van der Waals surface area contributed by atoms with Crippen molar-refractivity contribution >= 4 is 44.0 Å². The minimum atomic E-state index is -0.455. The van der Waals surface area contributed by atoms with Crippen LogP contribution in [0.2, 0.25) is 0 Å². The summed E-state index contributed by atoms with van der Waals surface area (Å²) in [6, 6.07) is 8.27. The zero-order chi connectivity index (χ0) is 15.4. The number of aromatic hydroxyl groups is 1. The summed E-state index contributed by atoms with van der Waals surface area (Å²) in [6.45, 7) is 0. The van der Waals surface area contributed by atoms with Crippen molar-refractivity contribution in [3.63, 3.8) is 0 Å². The van der Waals surface area contributed by atoms with E-state index in [0.717, 1.165) is 0 Å². The summed E-state index contributed by atoms with van der Waals surface area (Å²) in [7, 11) is 0. The van der Waals surface area contributed by atoms with Gasteiger partial charge in [-0.15, -0.1) is 0 Å². The fourth-order valence-electron chi connectivity index (χ4n) is 1.48. The highest BCUT2D eigenvalue weighted by atomic mass is 79.9. The maximum absolute atomic E-state index is 12.7. The lowest BCUT2D eigenvalue weighted by molar-refractivity contribution is 0.0955. The molecule has 0 bridgehead atoms. The van der Waals surface area contributed by atoms with Gasteiger partial charge in [-0.1, -0.05) is 15.9 Å². The molecule has 4 nitrogen and oxygen atoms in total. The molecule has 0 aromatic heterocycles. The van der Waals surface area contributed by atoms with Crippen LogP contribution in [0.25, 0.3) is 0 Å². The largest absolute Gasteiger partial charge is 0.507 e. The van der Waals surface area contributed by atoms with Crippen molar-refractivity contribution in [3.05, 3.63) is 62.3 Å². The zero-order valence-electron chi connectivity index (χ0n) is 10.5. The Morgan fingerprint density at radius 2 is 1.86 bits per heavy atom.